The molecule has 0 spiro atoms. The molecular formula is C107H198N8O24. The third-order valence-electron chi connectivity index (χ3n) is 25.3. The summed E-state index contributed by atoms with van der Waals surface area (Å²) in [4.78, 5) is 193. The molecule has 0 aromatic rings. The number of nitrogens with one attached hydrogen (secondary N) is 8. The first-order valence-corrected chi connectivity index (χ1v) is 53.3. The van der Waals surface area contributed by atoms with Crippen LogP contribution in [0.5, 0.6) is 0 Å². The van der Waals surface area contributed by atoms with Gasteiger partial charge in [0, 0.05) is 64.2 Å². The number of ether oxygens (including phenoxy) is 8. The van der Waals surface area contributed by atoms with Crippen LogP contribution in [0.4, 0.5) is 0 Å². The zero-order valence-corrected chi connectivity index (χ0v) is 91.3. The Balaban J connectivity index is -0.000000881. The first kappa shape index (κ1) is 137. The van der Waals surface area contributed by atoms with Crippen LogP contribution in [0.2, 0.25) is 0 Å². The van der Waals surface area contributed by atoms with Crippen molar-refractivity contribution in [2.75, 3.05) is 67.8 Å². The second-order valence-electron chi connectivity index (χ2n) is 38.5. The summed E-state index contributed by atoms with van der Waals surface area (Å²) in [5, 5.41) is 23.1. The van der Waals surface area contributed by atoms with Crippen LogP contribution in [-0.4, -0.2) is 217 Å². The van der Waals surface area contributed by atoms with Gasteiger partial charge in [0.15, 0.2) is 0 Å². The number of carbonyl (C=O) groups is 16. The van der Waals surface area contributed by atoms with E-state index in [0.717, 1.165) is 135 Å². The summed E-state index contributed by atoms with van der Waals surface area (Å²) in [7, 11) is 6.98. The molecule has 32 heteroatoms. The summed E-state index contributed by atoms with van der Waals surface area (Å²) in [6.07, 6.45) is 32.5. The molecule has 0 heterocycles. The predicted molar refractivity (Wildman–Crippen MR) is 546 cm³/mol. The number of likely N-dealkylation sites (N-methyl/N-ethyl adjacent to an activating group) is 4. The highest BCUT2D eigenvalue weighted by Crippen LogP contribution is 2.23. The SMILES string of the molecule is CCC(C)C(NC)C(=O)OCCCCCCOC(=O)C(NC(=O)CCC(C)=O)C(C)CC.CCC(C)C(NC)C(=O)OCCCCCCOC(=O)C(NC(=O)CCCCCCCCC(C)=O)C(C)CC.CCCCCCCCCCCC(OC(=O)C(NC)C(C)CC)OC(=O)C(NC(=O)CCCCC(C)=O)C(C)CC.CNC(C(=O)OCCCOC(=O)C(NC(=O)CCCCC(C)=O)C(C)C)C(C)C. The van der Waals surface area contributed by atoms with Crippen LogP contribution in [0.3, 0.4) is 0 Å². The van der Waals surface area contributed by atoms with Gasteiger partial charge in [0.2, 0.25) is 29.9 Å². The minimum Gasteiger partial charge on any atom is -0.465 e. The average Bonchev–Trinajstić information content (AvgIpc) is 0.848. The van der Waals surface area contributed by atoms with E-state index in [9.17, 15) is 76.7 Å². The summed E-state index contributed by atoms with van der Waals surface area (Å²) in [6.45, 7) is 41.3. The van der Waals surface area contributed by atoms with Gasteiger partial charge < -0.3 is 99.6 Å². The Bertz CT molecular complexity index is 3340. The third-order valence-corrected chi connectivity index (χ3v) is 25.3. The van der Waals surface area contributed by atoms with Crippen molar-refractivity contribution < 1.29 is 115 Å². The van der Waals surface area contributed by atoms with Gasteiger partial charge in [-0.25, -0.2) is 19.2 Å². The molecule has 0 bridgehead atoms. The van der Waals surface area contributed by atoms with Crippen molar-refractivity contribution in [3.05, 3.63) is 0 Å². The lowest BCUT2D eigenvalue weighted by atomic mass is 9.98. The van der Waals surface area contributed by atoms with E-state index in [-0.39, 0.29) is 182 Å². The van der Waals surface area contributed by atoms with Crippen LogP contribution >= 0.6 is 0 Å². The first-order chi connectivity index (χ1) is 66.0. The molecule has 0 fully saturated rings. The van der Waals surface area contributed by atoms with Gasteiger partial charge in [-0.1, -0.05) is 233 Å². The normalized spacial score (nSPS) is 14.3. The number of hydrogen-bond acceptors (Lipinski definition) is 28. The minimum absolute atomic E-state index is 0.000671. The van der Waals surface area contributed by atoms with Crippen molar-refractivity contribution in [3.8, 4) is 0 Å². The molecule has 0 radical (unpaired) electrons. The highest BCUT2D eigenvalue weighted by Gasteiger charge is 2.35. The maximum Gasteiger partial charge on any atom is 0.331 e. The lowest BCUT2D eigenvalue weighted by Gasteiger charge is -2.27. The van der Waals surface area contributed by atoms with E-state index < -0.39 is 60.4 Å². The summed E-state index contributed by atoms with van der Waals surface area (Å²) in [6, 6.07) is -4.29. The Morgan fingerprint density at radius 2 is 0.417 bits per heavy atom. The van der Waals surface area contributed by atoms with Crippen LogP contribution < -0.4 is 42.5 Å². The Morgan fingerprint density at radius 1 is 0.209 bits per heavy atom. The second-order valence-corrected chi connectivity index (χ2v) is 38.5. The van der Waals surface area contributed by atoms with Gasteiger partial charge in [-0.05, 0) is 200 Å². The predicted octanol–water partition coefficient (Wildman–Crippen LogP) is 17.3. The molecule has 0 saturated heterocycles. The number of Topliss-reactive ketones (excluding diaryl/α,β-unsaturated/α-hetero) is 4. The summed E-state index contributed by atoms with van der Waals surface area (Å²) in [5.74, 6) is -3.26. The Morgan fingerprint density at radius 3 is 0.712 bits per heavy atom. The summed E-state index contributed by atoms with van der Waals surface area (Å²) in [5.41, 5.74) is 0. The van der Waals surface area contributed by atoms with Crippen molar-refractivity contribution in [1.82, 2.24) is 42.5 Å². The van der Waals surface area contributed by atoms with E-state index >= 15 is 0 Å². The molecule has 810 valence electrons. The minimum atomic E-state index is -0.997. The average molecular weight is 1980 g/mol. The lowest BCUT2D eigenvalue weighted by molar-refractivity contribution is -0.194. The molecular weight excluding hydrogens is 1780 g/mol. The van der Waals surface area contributed by atoms with Crippen molar-refractivity contribution in [3.63, 3.8) is 0 Å². The van der Waals surface area contributed by atoms with E-state index in [1.54, 1.807) is 35.1 Å². The van der Waals surface area contributed by atoms with Crippen molar-refractivity contribution in [1.29, 1.82) is 0 Å². The highest BCUT2D eigenvalue weighted by atomic mass is 16.7. The monoisotopic (exact) mass is 1980 g/mol. The van der Waals surface area contributed by atoms with Gasteiger partial charge in [0.1, 0.15) is 71.5 Å². The van der Waals surface area contributed by atoms with Gasteiger partial charge in [0.25, 0.3) is 0 Å². The Kier molecular flexibility index (Phi) is 88.0. The molecule has 0 aliphatic heterocycles. The molecule has 32 nitrogen and oxygen atoms in total. The van der Waals surface area contributed by atoms with Crippen LogP contribution in [0, 0.1) is 47.3 Å². The maximum absolute atomic E-state index is 13.3. The molecule has 4 amide bonds. The van der Waals surface area contributed by atoms with Gasteiger partial charge in [-0.15, -0.1) is 0 Å². The number of rotatable bonds is 82. The quantitative estimate of drug-likeness (QED) is 0.0121. The molecule has 15 unspecified atom stereocenters. The van der Waals surface area contributed by atoms with E-state index in [4.69, 9.17) is 37.9 Å². The number of unbranched alkanes of at least 4 members (excludes halogenated alkanes) is 21. The number of ketones is 4. The van der Waals surface area contributed by atoms with E-state index in [1.807, 2.05) is 104 Å². The van der Waals surface area contributed by atoms with Crippen LogP contribution in [-0.2, 0) is 115 Å². The number of carbonyl (C=O) groups excluding carboxylic acids is 16. The van der Waals surface area contributed by atoms with Crippen molar-refractivity contribution >= 4 is 94.5 Å². The molecule has 0 aliphatic rings. The fourth-order valence-corrected chi connectivity index (χ4v) is 14.7. The molecule has 8 N–H and O–H groups in total. The van der Waals surface area contributed by atoms with Gasteiger partial charge in [0.05, 0.1) is 39.6 Å². The van der Waals surface area contributed by atoms with Crippen molar-refractivity contribution in [2.45, 2.75) is 476 Å². The van der Waals surface area contributed by atoms with Gasteiger partial charge >= 0.3 is 47.8 Å². The largest absolute Gasteiger partial charge is 0.465 e. The summed E-state index contributed by atoms with van der Waals surface area (Å²) < 4.78 is 43.6. The fraction of sp³-hybridized carbons (Fsp3) is 0.850. The molecule has 0 rings (SSSR count). The molecule has 139 heavy (non-hydrogen) atoms. The van der Waals surface area contributed by atoms with Crippen LogP contribution in [0.25, 0.3) is 0 Å². The fourth-order valence-electron chi connectivity index (χ4n) is 14.7. The number of amides is 4. The first-order valence-electron chi connectivity index (χ1n) is 53.3. The van der Waals surface area contributed by atoms with Gasteiger partial charge in [-0.3, -0.25) is 38.4 Å². The lowest BCUT2D eigenvalue weighted by Crippen LogP contribution is -2.48. The van der Waals surface area contributed by atoms with E-state index in [0.29, 0.717) is 96.9 Å². The highest BCUT2D eigenvalue weighted by molar-refractivity contribution is 5.89. The molecule has 0 aromatic heterocycles. The van der Waals surface area contributed by atoms with Crippen molar-refractivity contribution in [2.24, 2.45) is 47.3 Å². The summed E-state index contributed by atoms with van der Waals surface area (Å²) >= 11 is 0. The Labute approximate surface area is 838 Å². The Hall–Kier alpha value is -7.84. The molecule has 0 aromatic carbocycles. The number of hydrogen-bond donors (Lipinski definition) is 8. The zero-order valence-electron chi connectivity index (χ0n) is 91.3. The number of esters is 8. The molecule has 15 atom stereocenters. The standard InChI is InChI=1S/C32H60N2O6.C30H56N2O6.C24H44N2O6.C21H38N2O6/c1-8-11-12-13-14-15-16-17-18-23-28(39-31(37)29(33-7)24(4)9-2)40-32(38)30(25(5)10-3)34-27(36)22-20-19-21-26(6)35;1-7-23(3)27(31-6)29(35)37-21-17-13-14-18-22-38-30(36)28(24(4)8-2)32-26(34)20-16-12-10-9-11-15-19-25(5)33;1-7-17(3)21(25-6)23(29)31-15-11-9-10-12-16-32-24(30)22(18(4)8-2)26-20(28)14-13-19(5)27;1-14(2)18(22-6)20(26)28-12-9-13-29-21(27)19(15(3)4)23-17(25)11-8-7-10-16(5)24/h24-25,28-30,33H,8-23H2,1-7H3,(H,34,36);23-24,27-28,31H,7-22H2,1-6H3,(H,32,34);17-18,21-22,25H,7-16H2,1-6H3,(H,26,28);14-15,18-19,22H,7-13H2,1-6H3,(H,23,25). The van der Waals surface area contributed by atoms with E-state index in [2.05, 4.69) is 56.4 Å². The molecule has 0 saturated carbocycles. The second kappa shape index (κ2) is 89.0. The van der Waals surface area contributed by atoms with Crippen LogP contribution in [0.1, 0.15) is 421 Å². The smallest absolute Gasteiger partial charge is 0.331 e. The zero-order chi connectivity index (χ0) is 106. The topological polar surface area (TPSA) is 443 Å². The van der Waals surface area contributed by atoms with Crippen LogP contribution in [0.15, 0.2) is 0 Å². The molecule has 0 aliphatic carbocycles. The maximum atomic E-state index is 13.3. The van der Waals surface area contributed by atoms with Gasteiger partial charge in [-0.2, -0.15) is 0 Å². The third kappa shape index (κ3) is 73.0. The van der Waals surface area contributed by atoms with E-state index in [1.165, 1.54) is 59.3 Å².